The van der Waals surface area contributed by atoms with Gasteiger partial charge in [0.05, 0.1) is 11.1 Å². The Bertz CT molecular complexity index is 1750. The molecule has 6 rings (SSSR count). The van der Waals surface area contributed by atoms with Crippen molar-refractivity contribution in [3.05, 3.63) is 136 Å². The van der Waals surface area contributed by atoms with E-state index in [0.717, 1.165) is 16.7 Å². The molecule has 0 aliphatic carbocycles. The monoisotopic (exact) mass is 484 g/mol. The second-order valence-corrected chi connectivity index (χ2v) is 8.58. The van der Waals surface area contributed by atoms with E-state index >= 15 is 0 Å². The van der Waals surface area contributed by atoms with Crippen molar-refractivity contribution < 1.29 is 14.3 Å². The molecule has 4 aromatic carbocycles. The number of anilines is 1. The molecule has 5 aromatic rings. The Hall–Kier alpha value is -5.23. The minimum atomic E-state index is -0.323. The van der Waals surface area contributed by atoms with Gasteiger partial charge in [-0.25, -0.2) is 4.99 Å². The molecule has 0 saturated carbocycles. The molecule has 0 saturated heterocycles. The van der Waals surface area contributed by atoms with Gasteiger partial charge in [0.1, 0.15) is 28.6 Å². The molecule has 0 atom stereocenters. The lowest BCUT2D eigenvalue weighted by Gasteiger charge is -2.19. The number of benzene rings is 4. The SMILES string of the molecule is O=C1/C(=C\c2ccc(O)cc2)N=C(c2ccccc2)N1c1ccc2oc(-c3ccccc3)cc(=O)c2c1. The van der Waals surface area contributed by atoms with Gasteiger partial charge in [-0.1, -0.05) is 72.8 Å². The highest BCUT2D eigenvalue weighted by Gasteiger charge is 2.32. The minimum absolute atomic E-state index is 0.139. The summed E-state index contributed by atoms with van der Waals surface area (Å²) in [6.07, 6.45) is 1.67. The van der Waals surface area contributed by atoms with Crippen LogP contribution in [0.4, 0.5) is 5.69 Å². The van der Waals surface area contributed by atoms with E-state index in [1.807, 2.05) is 60.7 Å². The van der Waals surface area contributed by atoms with Crippen molar-refractivity contribution in [1.29, 1.82) is 0 Å². The zero-order valence-corrected chi connectivity index (χ0v) is 19.5. The van der Waals surface area contributed by atoms with Gasteiger partial charge in [0, 0.05) is 17.2 Å². The molecule has 0 unspecified atom stereocenters. The molecule has 2 heterocycles. The number of aromatic hydroxyl groups is 1. The van der Waals surface area contributed by atoms with Crippen molar-refractivity contribution in [3.8, 4) is 17.1 Å². The highest BCUT2D eigenvalue weighted by atomic mass is 16.3. The number of phenols is 1. The number of phenolic OH excluding ortho intramolecular Hbond substituents is 1. The van der Waals surface area contributed by atoms with Gasteiger partial charge in [-0.05, 0) is 42.0 Å². The normalized spacial score (nSPS) is 14.4. The van der Waals surface area contributed by atoms with Crippen LogP contribution in [-0.4, -0.2) is 16.8 Å². The van der Waals surface area contributed by atoms with Gasteiger partial charge in [0.25, 0.3) is 5.91 Å². The van der Waals surface area contributed by atoms with E-state index in [1.54, 1.807) is 48.5 Å². The second-order valence-electron chi connectivity index (χ2n) is 8.58. The molecule has 1 aliphatic heterocycles. The van der Waals surface area contributed by atoms with Crippen molar-refractivity contribution in [2.45, 2.75) is 0 Å². The smallest absolute Gasteiger partial charge is 0.282 e. The highest BCUT2D eigenvalue weighted by molar-refractivity contribution is 6.33. The molecule has 1 N–H and O–H groups in total. The minimum Gasteiger partial charge on any atom is -0.508 e. The van der Waals surface area contributed by atoms with Crippen LogP contribution in [0, 0.1) is 0 Å². The van der Waals surface area contributed by atoms with Crippen LogP contribution in [0.1, 0.15) is 11.1 Å². The van der Waals surface area contributed by atoms with Crippen molar-refractivity contribution in [2.24, 2.45) is 4.99 Å². The second kappa shape index (κ2) is 9.09. The number of aliphatic imine (C=N–C) groups is 1. The fraction of sp³-hybridized carbons (Fsp3) is 0. The van der Waals surface area contributed by atoms with Crippen molar-refractivity contribution >= 4 is 34.5 Å². The van der Waals surface area contributed by atoms with Crippen LogP contribution in [0.5, 0.6) is 5.75 Å². The Balaban J connectivity index is 1.45. The summed E-state index contributed by atoms with van der Waals surface area (Å²) in [5, 5.41) is 9.95. The Labute approximate surface area is 212 Å². The summed E-state index contributed by atoms with van der Waals surface area (Å²) < 4.78 is 6.03. The van der Waals surface area contributed by atoms with Crippen LogP contribution in [0.25, 0.3) is 28.4 Å². The standard InChI is InChI=1S/C31H20N2O4/c34-24-14-11-20(12-15-24)17-26-31(36)33(30(32-26)22-9-5-2-6-10-22)23-13-16-28-25(18-23)27(35)19-29(37-28)21-7-3-1-4-8-21/h1-19,34H/b26-17+. The number of hydrogen-bond donors (Lipinski definition) is 1. The third-order valence-corrected chi connectivity index (χ3v) is 6.12. The Morgan fingerprint density at radius 3 is 2.14 bits per heavy atom. The molecule has 37 heavy (non-hydrogen) atoms. The molecule has 0 bridgehead atoms. The lowest BCUT2D eigenvalue weighted by Crippen LogP contribution is -2.32. The molecular formula is C31H20N2O4. The predicted molar refractivity (Wildman–Crippen MR) is 144 cm³/mol. The van der Waals surface area contributed by atoms with Crippen molar-refractivity contribution in [3.63, 3.8) is 0 Å². The number of fused-ring (bicyclic) bond motifs is 1. The molecule has 178 valence electrons. The molecule has 0 fully saturated rings. The van der Waals surface area contributed by atoms with Gasteiger partial charge in [-0.3, -0.25) is 14.5 Å². The fourth-order valence-corrected chi connectivity index (χ4v) is 4.29. The molecule has 6 nitrogen and oxygen atoms in total. The lowest BCUT2D eigenvalue weighted by atomic mass is 10.1. The predicted octanol–water partition coefficient (Wildman–Crippen LogP) is 6.00. The lowest BCUT2D eigenvalue weighted by molar-refractivity contribution is -0.113. The summed E-state index contributed by atoms with van der Waals surface area (Å²) in [6.45, 7) is 0. The first-order valence-corrected chi connectivity index (χ1v) is 11.7. The summed E-state index contributed by atoms with van der Waals surface area (Å²) in [7, 11) is 0. The number of hydrogen-bond acceptors (Lipinski definition) is 5. The number of rotatable bonds is 4. The molecule has 1 aromatic heterocycles. The summed E-state index contributed by atoms with van der Waals surface area (Å²) in [5.74, 6) is 0.756. The van der Waals surface area contributed by atoms with E-state index in [-0.39, 0.29) is 22.8 Å². The fourth-order valence-electron chi connectivity index (χ4n) is 4.29. The molecule has 6 heteroatoms. The van der Waals surface area contributed by atoms with Gasteiger partial charge < -0.3 is 9.52 Å². The average Bonchev–Trinajstić information content (AvgIpc) is 3.26. The Morgan fingerprint density at radius 1 is 0.757 bits per heavy atom. The van der Waals surface area contributed by atoms with E-state index in [1.165, 1.54) is 11.0 Å². The first-order valence-electron chi connectivity index (χ1n) is 11.7. The van der Waals surface area contributed by atoms with Gasteiger partial charge >= 0.3 is 0 Å². The van der Waals surface area contributed by atoms with Gasteiger partial charge in [0.2, 0.25) is 0 Å². The van der Waals surface area contributed by atoms with Gasteiger partial charge in [-0.15, -0.1) is 0 Å². The Kier molecular flexibility index (Phi) is 5.47. The molecule has 0 spiro atoms. The highest BCUT2D eigenvalue weighted by Crippen LogP contribution is 2.31. The number of carbonyl (C=O) groups is 1. The first-order chi connectivity index (χ1) is 18.1. The maximum Gasteiger partial charge on any atom is 0.282 e. The van der Waals surface area contributed by atoms with E-state index in [0.29, 0.717) is 28.3 Å². The molecule has 1 amide bonds. The zero-order chi connectivity index (χ0) is 25.4. The number of amidine groups is 1. The molecule has 0 radical (unpaired) electrons. The third kappa shape index (κ3) is 4.21. The number of carbonyl (C=O) groups excluding carboxylic acids is 1. The average molecular weight is 485 g/mol. The van der Waals surface area contributed by atoms with E-state index in [2.05, 4.69) is 4.99 Å². The van der Waals surface area contributed by atoms with E-state index in [4.69, 9.17) is 4.42 Å². The van der Waals surface area contributed by atoms with Crippen LogP contribution < -0.4 is 10.3 Å². The summed E-state index contributed by atoms with van der Waals surface area (Å²) >= 11 is 0. The van der Waals surface area contributed by atoms with Crippen LogP contribution in [0.2, 0.25) is 0 Å². The summed E-state index contributed by atoms with van der Waals surface area (Å²) in [4.78, 5) is 32.9. The number of nitrogens with zero attached hydrogens (tertiary/aromatic N) is 2. The van der Waals surface area contributed by atoms with Gasteiger partial charge in [-0.2, -0.15) is 0 Å². The topological polar surface area (TPSA) is 83.1 Å². The van der Waals surface area contributed by atoms with Crippen LogP contribution in [0.15, 0.2) is 129 Å². The maximum absolute atomic E-state index is 13.6. The summed E-state index contributed by atoms with van der Waals surface area (Å²) in [5.41, 5.74) is 3.28. The molecule has 1 aliphatic rings. The first kappa shape index (κ1) is 22.2. The van der Waals surface area contributed by atoms with E-state index < -0.39 is 0 Å². The van der Waals surface area contributed by atoms with Crippen molar-refractivity contribution in [1.82, 2.24) is 0 Å². The van der Waals surface area contributed by atoms with Crippen LogP contribution in [-0.2, 0) is 4.79 Å². The van der Waals surface area contributed by atoms with Crippen LogP contribution >= 0.6 is 0 Å². The zero-order valence-electron chi connectivity index (χ0n) is 19.5. The summed E-state index contributed by atoms with van der Waals surface area (Å²) in [6, 6.07) is 31.9. The van der Waals surface area contributed by atoms with Gasteiger partial charge in [0.15, 0.2) is 5.43 Å². The molecular weight excluding hydrogens is 464 g/mol. The van der Waals surface area contributed by atoms with E-state index in [9.17, 15) is 14.7 Å². The quantitative estimate of drug-likeness (QED) is 0.317. The number of amides is 1. The van der Waals surface area contributed by atoms with Crippen molar-refractivity contribution in [2.75, 3.05) is 4.90 Å². The third-order valence-electron chi connectivity index (χ3n) is 6.12. The maximum atomic E-state index is 13.6. The van der Waals surface area contributed by atoms with Crippen LogP contribution in [0.3, 0.4) is 0 Å². The Morgan fingerprint density at radius 2 is 1.43 bits per heavy atom. The largest absolute Gasteiger partial charge is 0.508 e.